The van der Waals surface area contributed by atoms with Crippen molar-refractivity contribution in [2.75, 3.05) is 39.8 Å². The second kappa shape index (κ2) is 11.0. The molecule has 2 amide bonds. The Morgan fingerprint density at radius 2 is 1.88 bits per heavy atom. The average molecular weight is 548 g/mol. The number of fused-ring (bicyclic) bond motifs is 1. The fourth-order valence-electron chi connectivity index (χ4n) is 6.41. The number of likely N-dealkylation sites (tertiary alicyclic amines) is 2. The molecule has 0 spiro atoms. The third-order valence-corrected chi connectivity index (χ3v) is 9.09. The first-order chi connectivity index (χ1) is 19.0. The number of rotatable bonds is 7. The van der Waals surface area contributed by atoms with E-state index < -0.39 is 5.82 Å². The van der Waals surface area contributed by atoms with Crippen molar-refractivity contribution >= 4 is 22.7 Å². The number of carbonyl (C=O) groups is 2. The zero-order valence-electron chi connectivity index (χ0n) is 24.7. The third kappa shape index (κ3) is 5.51. The largest absolute Gasteiger partial charge is 0.343 e. The van der Waals surface area contributed by atoms with E-state index in [4.69, 9.17) is 0 Å². The van der Waals surface area contributed by atoms with Crippen LogP contribution in [0.15, 0.2) is 36.8 Å². The van der Waals surface area contributed by atoms with Gasteiger partial charge in [-0.3, -0.25) is 14.6 Å². The Morgan fingerprint density at radius 3 is 2.52 bits per heavy atom. The van der Waals surface area contributed by atoms with Crippen LogP contribution in [0.5, 0.6) is 0 Å². The number of piperidine rings is 1. The summed E-state index contributed by atoms with van der Waals surface area (Å²) >= 11 is 0. The third-order valence-electron chi connectivity index (χ3n) is 9.09. The number of hydrogen-bond acceptors (Lipinski definition) is 4. The van der Waals surface area contributed by atoms with Crippen molar-refractivity contribution in [1.29, 1.82) is 0 Å². The maximum atomic E-state index is 14.4. The summed E-state index contributed by atoms with van der Waals surface area (Å²) < 4.78 is 16.4. The minimum absolute atomic E-state index is 0.00463. The monoisotopic (exact) mass is 547 g/mol. The van der Waals surface area contributed by atoms with Crippen LogP contribution in [0, 0.1) is 24.1 Å². The quantitative estimate of drug-likeness (QED) is 0.414. The zero-order chi connectivity index (χ0) is 28.8. The first kappa shape index (κ1) is 28.3. The van der Waals surface area contributed by atoms with Gasteiger partial charge in [0.25, 0.3) is 5.91 Å². The van der Waals surface area contributed by atoms with Gasteiger partial charge in [-0.25, -0.2) is 4.39 Å². The Balaban J connectivity index is 1.36. The summed E-state index contributed by atoms with van der Waals surface area (Å²) in [5, 5.41) is 1.16. The minimum atomic E-state index is -0.425. The van der Waals surface area contributed by atoms with Crippen LogP contribution in [-0.4, -0.2) is 81.9 Å². The van der Waals surface area contributed by atoms with Crippen LogP contribution in [-0.2, 0) is 11.2 Å². The molecule has 2 fully saturated rings. The number of carbonyl (C=O) groups excluding carboxylic acids is 2. The second-order valence-corrected chi connectivity index (χ2v) is 12.6. The number of nitrogens with zero attached hydrogens (tertiary/aromatic N) is 5. The molecule has 0 atom stereocenters. The topological polar surface area (TPSA) is 61.7 Å². The SMILES string of the molecule is CC(=O)N1CCC(C)(CN2CC(Cc3cn(-c4ccc(F)cc4C(=O)N(C)C(C)C)c4cncc(C)c34)C2)CC1. The summed E-state index contributed by atoms with van der Waals surface area (Å²) in [5.74, 6) is 0.102. The molecular weight excluding hydrogens is 505 g/mol. The van der Waals surface area contributed by atoms with Gasteiger partial charge in [-0.2, -0.15) is 0 Å². The molecule has 0 radical (unpaired) electrons. The summed E-state index contributed by atoms with van der Waals surface area (Å²) in [6.45, 7) is 14.9. The molecule has 2 aliphatic heterocycles. The molecule has 4 heterocycles. The van der Waals surface area contributed by atoms with Gasteiger partial charge in [0, 0.05) is 70.5 Å². The highest BCUT2D eigenvalue weighted by Gasteiger charge is 2.37. The molecule has 214 valence electrons. The molecule has 5 rings (SSSR count). The van der Waals surface area contributed by atoms with Gasteiger partial charge in [0.05, 0.1) is 23.0 Å². The maximum absolute atomic E-state index is 14.4. The summed E-state index contributed by atoms with van der Waals surface area (Å²) in [7, 11) is 1.75. The zero-order valence-corrected chi connectivity index (χ0v) is 24.7. The number of hydrogen-bond donors (Lipinski definition) is 0. The maximum Gasteiger partial charge on any atom is 0.256 e. The Morgan fingerprint density at radius 1 is 1.18 bits per heavy atom. The van der Waals surface area contributed by atoms with Crippen LogP contribution in [0.2, 0.25) is 0 Å². The number of aryl methyl sites for hydroxylation is 1. The number of aromatic nitrogens is 2. The number of pyridine rings is 1. The lowest BCUT2D eigenvalue weighted by Crippen LogP contribution is -2.53. The van der Waals surface area contributed by atoms with Gasteiger partial charge in [-0.15, -0.1) is 0 Å². The van der Waals surface area contributed by atoms with E-state index in [1.165, 1.54) is 17.7 Å². The molecule has 7 nitrogen and oxygen atoms in total. The van der Waals surface area contributed by atoms with E-state index in [9.17, 15) is 14.0 Å². The Kier molecular flexibility index (Phi) is 7.75. The van der Waals surface area contributed by atoms with Gasteiger partial charge in [0.15, 0.2) is 0 Å². The van der Waals surface area contributed by atoms with Gasteiger partial charge in [-0.05, 0) is 80.7 Å². The number of benzene rings is 1. The highest BCUT2D eigenvalue weighted by Crippen LogP contribution is 2.36. The van der Waals surface area contributed by atoms with E-state index in [1.54, 1.807) is 24.9 Å². The standard InChI is InChI=1S/C32H42FN5O2/c1-21(2)35(6)31(40)27-14-26(33)7-8-28(27)38-19-25(30-22(3)15-34-16-29(30)38)13-24-17-36(18-24)20-32(5)9-11-37(12-10-32)23(4)39/h7-8,14-16,19,21,24H,9-13,17-18,20H2,1-6H3. The molecule has 2 aromatic heterocycles. The van der Waals surface area contributed by atoms with Crippen LogP contribution in [0.4, 0.5) is 4.39 Å². The van der Waals surface area contributed by atoms with Crippen LogP contribution in [0.1, 0.15) is 62.0 Å². The molecule has 2 saturated heterocycles. The van der Waals surface area contributed by atoms with Gasteiger partial charge < -0.3 is 19.3 Å². The van der Waals surface area contributed by atoms with E-state index >= 15 is 0 Å². The molecule has 1 aromatic carbocycles. The lowest BCUT2D eigenvalue weighted by atomic mass is 9.78. The van der Waals surface area contributed by atoms with E-state index in [0.717, 1.165) is 68.5 Å². The first-order valence-corrected chi connectivity index (χ1v) is 14.5. The van der Waals surface area contributed by atoms with E-state index in [0.29, 0.717) is 17.2 Å². The van der Waals surface area contributed by atoms with E-state index in [1.807, 2.05) is 35.7 Å². The minimum Gasteiger partial charge on any atom is -0.343 e. The summed E-state index contributed by atoms with van der Waals surface area (Å²) in [5.41, 5.74) is 4.54. The van der Waals surface area contributed by atoms with Gasteiger partial charge in [0.1, 0.15) is 5.82 Å². The van der Waals surface area contributed by atoms with E-state index in [-0.39, 0.29) is 23.3 Å². The van der Waals surface area contributed by atoms with Crippen molar-refractivity contribution in [3.63, 3.8) is 0 Å². The van der Waals surface area contributed by atoms with Crippen LogP contribution in [0.25, 0.3) is 16.6 Å². The normalized spacial score (nSPS) is 17.9. The Labute approximate surface area is 236 Å². The lowest BCUT2D eigenvalue weighted by Gasteiger charge is -2.47. The second-order valence-electron chi connectivity index (χ2n) is 12.6. The van der Waals surface area contributed by atoms with Crippen LogP contribution in [0.3, 0.4) is 0 Å². The van der Waals surface area contributed by atoms with Crippen molar-refractivity contribution in [1.82, 2.24) is 24.3 Å². The molecule has 3 aromatic rings. The summed E-state index contributed by atoms with van der Waals surface area (Å²) in [6.07, 6.45) is 8.91. The molecule has 2 aliphatic rings. The molecule has 40 heavy (non-hydrogen) atoms. The highest BCUT2D eigenvalue weighted by molar-refractivity contribution is 5.99. The fraction of sp³-hybridized carbons (Fsp3) is 0.531. The van der Waals surface area contributed by atoms with E-state index in [2.05, 4.69) is 29.9 Å². The van der Waals surface area contributed by atoms with Gasteiger partial charge in [-0.1, -0.05) is 6.92 Å². The summed E-state index contributed by atoms with van der Waals surface area (Å²) in [4.78, 5) is 35.7. The average Bonchev–Trinajstić information content (AvgIpc) is 3.26. The van der Waals surface area contributed by atoms with Gasteiger partial charge in [0.2, 0.25) is 5.91 Å². The van der Waals surface area contributed by atoms with Crippen molar-refractivity contribution in [2.24, 2.45) is 11.3 Å². The van der Waals surface area contributed by atoms with Crippen molar-refractivity contribution in [2.45, 2.75) is 59.9 Å². The van der Waals surface area contributed by atoms with Gasteiger partial charge >= 0.3 is 0 Å². The molecule has 0 aliphatic carbocycles. The van der Waals surface area contributed by atoms with Crippen molar-refractivity contribution < 1.29 is 14.0 Å². The number of halogens is 1. The van der Waals surface area contributed by atoms with Crippen molar-refractivity contribution in [3.8, 4) is 5.69 Å². The first-order valence-electron chi connectivity index (χ1n) is 14.5. The predicted octanol–water partition coefficient (Wildman–Crippen LogP) is 5.08. The smallest absolute Gasteiger partial charge is 0.256 e. The lowest BCUT2D eigenvalue weighted by molar-refractivity contribution is -0.131. The Hall–Kier alpha value is -3.26. The van der Waals surface area contributed by atoms with Crippen molar-refractivity contribution in [3.05, 3.63) is 59.3 Å². The molecule has 0 N–H and O–H groups in total. The summed E-state index contributed by atoms with van der Waals surface area (Å²) in [6, 6.07) is 4.46. The van der Waals surface area contributed by atoms with Crippen LogP contribution < -0.4 is 0 Å². The Bertz CT molecular complexity index is 1420. The highest BCUT2D eigenvalue weighted by atomic mass is 19.1. The molecule has 8 heteroatoms. The van der Waals surface area contributed by atoms with Crippen LogP contribution >= 0.6 is 0 Å². The molecule has 0 bridgehead atoms. The predicted molar refractivity (Wildman–Crippen MR) is 156 cm³/mol. The molecule has 0 saturated carbocycles. The molecular formula is C32H42FN5O2. The fourth-order valence-corrected chi connectivity index (χ4v) is 6.41. The molecule has 0 unspecified atom stereocenters. The number of amides is 2.